The van der Waals surface area contributed by atoms with Gasteiger partial charge in [0.2, 0.25) is 0 Å². The number of benzene rings is 2. The molecule has 1 heterocycles. The van der Waals surface area contributed by atoms with E-state index in [-0.39, 0.29) is 0 Å². The Balaban J connectivity index is 1.80. The van der Waals surface area contributed by atoms with Gasteiger partial charge in [-0.2, -0.15) is 0 Å². The summed E-state index contributed by atoms with van der Waals surface area (Å²) in [7, 11) is 0. The van der Waals surface area contributed by atoms with Crippen LogP contribution in [-0.2, 0) is 6.54 Å². The van der Waals surface area contributed by atoms with Gasteiger partial charge in [-0.25, -0.2) is 0 Å². The quantitative estimate of drug-likeness (QED) is 0.764. The summed E-state index contributed by atoms with van der Waals surface area (Å²) in [5.74, 6) is 0. The second kappa shape index (κ2) is 6.11. The highest BCUT2D eigenvalue weighted by Gasteiger charge is 2.11. The summed E-state index contributed by atoms with van der Waals surface area (Å²) in [4.78, 5) is 2.54. The maximum atomic E-state index is 3.61. The van der Waals surface area contributed by atoms with Crippen LogP contribution in [0.1, 0.15) is 24.0 Å². The average Bonchev–Trinajstić information content (AvgIpc) is 2.96. The monoisotopic (exact) mass is 329 g/mol. The number of likely N-dealkylation sites (tertiary alicyclic amines) is 1. The van der Waals surface area contributed by atoms with Gasteiger partial charge < -0.3 is 0 Å². The maximum absolute atomic E-state index is 3.61. The minimum Gasteiger partial charge on any atom is -0.299 e. The molecule has 3 rings (SSSR count). The predicted molar refractivity (Wildman–Crippen MR) is 88.8 cm³/mol. The summed E-state index contributed by atoms with van der Waals surface area (Å²) in [5.41, 5.74) is 5.34. The molecule has 2 aromatic carbocycles. The Kier molecular flexibility index (Phi) is 4.23. The molecular weight excluding hydrogens is 310 g/mol. The Labute approximate surface area is 129 Å². The minimum atomic E-state index is 1.09. The summed E-state index contributed by atoms with van der Waals surface area (Å²) in [6.45, 7) is 5.77. The number of nitrogens with zero attached hydrogens (tertiary/aromatic N) is 1. The molecule has 0 spiro atoms. The molecule has 1 saturated heterocycles. The number of rotatable bonds is 3. The highest BCUT2D eigenvalue weighted by molar-refractivity contribution is 9.10. The van der Waals surface area contributed by atoms with Gasteiger partial charge in [-0.1, -0.05) is 52.3 Å². The van der Waals surface area contributed by atoms with E-state index in [1.54, 1.807) is 0 Å². The summed E-state index contributed by atoms with van der Waals surface area (Å²) >= 11 is 3.61. The highest BCUT2D eigenvalue weighted by atomic mass is 79.9. The molecule has 0 amide bonds. The van der Waals surface area contributed by atoms with E-state index in [9.17, 15) is 0 Å². The third-order valence-corrected chi connectivity index (χ3v) is 5.00. The smallest absolute Gasteiger partial charge is 0.0233 e. The van der Waals surface area contributed by atoms with Crippen molar-refractivity contribution in [2.45, 2.75) is 26.3 Å². The Morgan fingerprint density at radius 2 is 1.70 bits per heavy atom. The second-order valence-electron chi connectivity index (χ2n) is 5.59. The zero-order chi connectivity index (χ0) is 13.9. The van der Waals surface area contributed by atoms with E-state index < -0.39 is 0 Å². The van der Waals surface area contributed by atoms with E-state index in [0.29, 0.717) is 0 Å². The molecule has 1 aliphatic heterocycles. The standard InChI is InChI=1S/C18H20BrN/c1-14-17(5-4-6-18(14)19)16-9-7-15(8-10-16)13-20-11-2-3-12-20/h4-10H,2-3,11-13H2,1H3. The number of hydrogen-bond acceptors (Lipinski definition) is 1. The highest BCUT2D eigenvalue weighted by Crippen LogP contribution is 2.29. The van der Waals surface area contributed by atoms with Crippen LogP contribution in [0.5, 0.6) is 0 Å². The van der Waals surface area contributed by atoms with Gasteiger partial charge in [0.1, 0.15) is 0 Å². The first-order valence-electron chi connectivity index (χ1n) is 7.31. The molecule has 1 fully saturated rings. The lowest BCUT2D eigenvalue weighted by Gasteiger charge is -2.15. The average molecular weight is 330 g/mol. The van der Waals surface area contributed by atoms with Crippen LogP contribution in [-0.4, -0.2) is 18.0 Å². The van der Waals surface area contributed by atoms with Crippen LogP contribution >= 0.6 is 15.9 Å². The molecule has 104 valence electrons. The first kappa shape index (κ1) is 13.8. The Bertz CT molecular complexity index is 583. The minimum absolute atomic E-state index is 1.09. The summed E-state index contributed by atoms with van der Waals surface area (Å²) in [6.07, 6.45) is 2.71. The van der Waals surface area contributed by atoms with Crippen molar-refractivity contribution in [1.29, 1.82) is 0 Å². The van der Waals surface area contributed by atoms with Gasteiger partial charge in [-0.3, -0.25) is 4.90 Å². The van der Waals surface area contributed by atoms with Gasteiger partial charge in [0.15, 0.2) is 0 Å². The van der Waals surface area contributed by atoms with Gasteiger partial charge in [-0.05, 0) is 61.2 Å². The van der Waals surface area contributed by atoms with Crippen LogP contribution in [0.25, 0.3) is 11.1 Å². The zero-order valence-corrected chi connectivity index (χ0v) is 13.5. The SMILES string of the molecule is Cc1c(Br)cccc1-c1ccc(CN2CCCC2)cc1. The van der Waals surface area contributed by atoms with Crippen molar-refractivity contribution in [3.8, 4) is 11.1 Å². The van der Waals surface area contributed by atoms with E-state index in [2.05, 4.69) is 70.2 Å². The molecule has 0 aliphatic carbocycles. The van der Waals surface area contributed by atoms with Crippen molar-refractivity contribution in [3.63, 3.8) is 0 Å². The van der Waals surface area contributed by atoms with Gasteiger partial charge >= 0.3 is 0 Å². The first-order chi connectivity index (χ1) is 9.74. The summed E-state index contributed by atoms with van der Waals surface area (Å²) in [5, 5.41) is 0. The Hall–Kier alpha value is -1.12. The van der Waals surface area contributed by atoms with Crippen molar-refractivity contribution in [2.24, 2.45) is 0 Å². The Morgan fingerprint density at radius 1 is 1.00 bits per heavy atom. The largest absolute Gasteiger partial charge is 0.299 e. The van der Waals surface area contributed by atoms with Gasteiger partial charge in [-0.15, -0.1) is 0 Å². The van der Waals surface area contributed by atoms with E-state index in [1.165, 1.54) is 52.7 Å². The van der Waals surface area contributed by atoms with E-state index >= 15 is 0 Å². The molecular formula is C18H20BrN. The van der Waals surface area contributed by atoms with Gasteiger partial charge in [0.25, 0.3) is 0 Å². The van der Waals surface area contributed by atoms with Crippen LogP contribution in [0.15, 0.2) is 46.9 Å². The van der Waals surface area contributed by atoms with Gasteiger partial charge in [0.05, 0.1) is 0 Å². The van der Waals surface area contributed by atoms with Crippen LogP contribution in [0.3, 0.4) is 0 Å². The van der Waals surface area contributed by atoms with Crippen LogP contribution < -0.4 is 0 Å². The molecule has 2 aromatic rings. The van der Waals surface area contributed by atoms with Crippen molar-refractivity contribution in [2.75, 3.05) is 13.1 Å². The summed E-state index contributed by atoms with van der Waals surface area (Å²) in [6, 6.07) is 15.4. The molecule has 0 N–H and O–H groups in total. The molecule has 0 atom stereocenters. The Morgan fingerprint density at radius 3 is 2.40 bits per heavy atom. The summed E-state index contributed by atoms with van der Waals surface area (Å²) < 4.78 is 1.18. The molecule has 0 unspecified atom stereocenters. The van der Waals surface area contributed by atoms with E-state index in [0.717, 1.165) is 6.54 Å². The van der Waals surface area contributed by atoms with Crippen molar-refractivity contribution < 1.29 is 0 Å². The molecule has 2 heteroatoms. The molecule has 0 aromatic heterocycles. The van der Waals surface area contributed by atoms with Crippen molar-refractivity contribution in [3.05, 3.63) is 58.1 Å². The predicted octanol–water partition coefficient (Wildman–Crippen LogP) is 5.02. The topological polar surface area (TPSA) is 3.24 Å². The van der Waals surface area contributed by atoms with E-state index in [4.69, 9.17) is 0 Å². The molecule has 0 saturated carbocycles. The lowest BCUT2D eigenvalue weighted by atomic mass is 9.99. The molecule has 0 radical (unpaired) electrons. The molecule has 20 heavy (non-hydrogen) atoms. The van der Waals surface area contributed by atoms with Crippen LogP contribution in [0, 0.1) is 6.92 Å². The van der Waals surface area contributed by atoms with Crippen molar-refractivity contribution >= 4 is 15.9 Å². The zero-order valence-electron chi connectivity index (χ0n) is 11.9. The second-order valence-corrected chi connectivity index (χ2v) is 6.45. The number of halogens is 1. The first-order valence-corrected chi connectivity index (χ1v) is 8.10. The van der Waals surface area contributed by atoms with Crippen LogP contribution in [0.4, 0.5) is 0 Å². The maximum Gasteiger partial charge on any atom is 0.0233 e. The van der Waals surface area contributed by atoms with Gasteiger partial charge in [0, 0.05) is 11.0 Å². The molecule has 1 aliphatic rings. The molecule has 0 bridgehead atoms. The van der Waals surface area contributed by atoms with Crippen LogP contribution in [0.2, 0.25) is 0 Å². The fourth-order valence-corrected chi connectivity index (χ4v) is 3.28. The lowest BCUT2D eigenvalue weighted by molar-refractivity contribution is 0.331. The lowest BCUT2D eigenvalue weighted by Crippen LogP contribution is -2.18. The fraction of sp³-hybridized carbons (Fsp3) is 0.333. The third kappa shape index (κ3) is 2.97. The normalized spacial score (nSPS) is 15.7. The fourth-order valence-electron chi connectivity index (χ4n) is 2.91. The third-order valence-electron chi connectivity index (χ3n) is 4.14. The van der Waals surface area contributed by atoms with Crippen molar-refractivity contribution in [1.82, 2.24) is 4.90 Å². The molecule has 1 nitrogen and oxygen atoms in total. The number of hydrogen-bond donors (Lipinski definition) is 0. The van der Waals surface area contributed by atoms with E-state index in [1.807, 2.05) is 0 Å².